The van der Waals surface area contributed by atoms with E-state index in [2.05, 4.69) is 28.8 Å². The van der Waals surface area contributed by atoms with Crippen LogP contribution >= 0.6 is 0 Å². The standard InChI is InChI=1S/C16H23N3O/c1-12(20)19-9-6-15(7-10-19)18-11-14-4-2-3-13-5-8-17-16(13)14/h2-4,15,17-18H,5-11H2,1H3. The van der Waals surface area contributed by atoms with E-state index >= 15 is 0 Å². The van der Waals surface area contributed by atoms with Gasteiger partial charge in [-0.05, 0) is 30.4 Å². The maximum absolute atomic E-state index is 11.3. The van der Waals surface area contributed by atoms with E-state index in [0.29, 0.717) is 6.04 Å². The maximum Gasteiger partial charge on any atom is 0.219 e. The van der Waals surface area contributed by atoms with Gasteiger partial charge in [-0.1, -0.05) is 18.2 Å². The number of hydrogen-bond acceptors (Lipinski definition) is 3. The number of amides is 1. The fourth-order valence-electron chi connectivity index (χ4n) is 3.21. The summed E-state index contributed by atoms with van der Waals surface area (Å²) in [6.45, 7) is 5.41. The van der Waals surface area contributed by atoms with Gasteiger partial charge in [0.1, 0.15) is 0 Å². The Morgan fingerprint density at radius 1 is 1.40 bits per heavy atom. The molecule has 3 rings (SSSR count). The molecule has 4 heteroatoms. The summed E-state index contributed by atoms with van der Waals surface area (Å²) >= 11 is 0. The molecule has 0 spiro atoms. The van der Waals surface area contributed by atoms with Crippen LogP contribution in [0.4, 0.5) is 5.69 Å². The molecule has 108 valence electrons. The lowest BCUT2D eigenvalue weighted by Gasteiger charge is -2.32. The number of carbonyl (C=O) groups is 1. The molecule has 0 aromatic heterocycles. The molecule has 2 aliphatic rings. The molecular formula is C16H23N3O. The fourth-order valence-corrected chi connectivity index (χ4v) is 3.21. The number of piperidine rings is 1. The van der Waals surface area contributed by atoms with E-state index in [9.17, 15) is 4.79 Å². The minimum absolute atomic E-state index is 0.202. The number of nitrogens with one attached hydrogen (secondary N) is 2. The van der Waals surface area contributed by atoms with Crippen LogP contribution in [0.3, 0.4) is 0 Å². The maximum atomic E-state index is 11.3. The zero-order valence-electron chi connectivity index (χ0n) is 12.1. The van der Waals surface area contributed by atoms with Gasteiger partial charge in [0, 0.05) is 44.8 Å². The van der Waals surface area contributed by atoms with Crippen LogP contribution in [0, 0.1) is 0 Å². The third kappa shape index (κ3) is 2.80. The van der Waals surface area contributed by atoms with Gasteiger partial charge in [-0.15, -0.1) is 0 Å². The van der Waals surface area contributed by atoms with E-state index in [0.717, 1.165) is 45.4 Å². The van der Waals surface area contributed by atoms with Gasteiger partial charge in [0.15, 0.2) is 0 Å². The Bertz CT molecular complexity index is 492. The molecule has 2 aliphatic heterocycles. The number of hydrogen-bond donors (Lipinski definition) is 2. The van der Waals surface area contributed by atoms with Crippen LogP contribution in [0.1, 0.15) is 30.9 Å². The van der Waals surface area contributed by atoms with Gasteiger partial charge in [-0.3, -0.25) is 4.79 Å². The van der Waals surface area contributed by atoms with Gasteiger partial charge in [0.25, 0.3) is 0 Å². The molecule has 0 aliphatic carbocycles. The molecule has 1 aromatic carbocycles. The number of nitrogens with zero attached hydrogens (tertiary/aromatic N) is 1. The summed E-state index contributed by atoms with van der Waals surface area (Å²) in [6, 6.07) is 7.10. The molecule has 0 saturated carbocycles. The topological polar surface area (TPSA) is 44.4 Å². The van der Waals surface area contributed by atoms with Crippen molar-refractivity contribution in [2.45, 2.75) is 38.8 Å². The number of fused-ring (bicyclic) bond motifs is 1. The normalized spacial score (nSPS) is 18.8. The first kappa shape index (κ1) is 13.4. The van der Waals surface area contributed by atoms with E-state index in [1.807, 2.05) is 4.90 Å². The van der Waals surface area contributed by atoms with Gasteiger partial charge in [0.2, 0.25) is 5.91 Å². The lowest BCUT2D eigenvalue weighted by Crippen LogP contribution is -2.44. The highest BCUT2D eigenvalue weighted by Crippen LogP contribution is 2.26. The molecule has 2 N–H and O–H groups in total. The predicted molar refractivity (Wildman–Crippen MR) is 80.8 cm³/mol. The molecular weight excluding hydrogens is 250 g/mol. The SMILES string of the molecule is CC(=O)N1CCC(NCc2cccc3c2NCC3)CC1. The van der Waals surface area contributed by atoms with Gasteiger partial charge in [-0.2, -0.15) is 0 Å². The van der Waals surface area contributed by atoms with Gasteiger partial charge in [0.05, 0.1) is 0 Å². The van der Waals surface area contributed by atoms with Crippen LogP contribution < -0.4 is 10.6 Å². The van der Waals surface area contributed by atoms with Crippen molar-refractivity contribution in [2.75, 3.05) is 25.0 Å². The summed E-state index contributed by atoms with van der Waals surface area (Å²) in [5, 5.41) is 7.13. The van der Waals surface area contributed by atoms with Crippen molar-refractivity contribution in [3.8, 4) is 0 Å². The summed E-state index contributed by atoms with van der Waals surface area (Å²) in [4.78, 5) is 13.3. The summed E-state index contributed by atoms with van der Waals surface area (Å²) in [5.74, 6) is 0.202. The number of anilines is 1. The summed E-state index contributed by atoms with van der Waals surface area (Å²) in [6.07, 6.45) is 3.25. The Labute approximate surface area is 120 Å². The molecule has 0 unspecified atom stereocenters. The van der Waals surface area contributed by atoms with E-state index < -0.39 is 0 Å². The van der Waals surface area contributed by atoms with Crippen molar-refractivity contribution in [3.63, 3.8) is 0 Å². The smallest absolute Gasteiger partial charge is 0.219 e. The van der Waals surface area contributed by atoms with Crippen molar-refractivity contribution in [2.24, 2.45) is 0 Å². The molecule has 1 aromatic rings. The number of likely N-dealkylation sites (tertiary alicyclic amines) is 1. The zero-order chi connectivity index (χ0) is 13.9. The molecule has 1 fully saturated rings. The highest BCUT2D eigenvalue weighted by molar-refractivity contribution is 5.73. The number of para-hydroxylation sites is 1. The Hall–Kier alpha value is -1.55. The molecule has 0 radical (unpaired) electrons. The highest BCUT2D eigenvalue weighted by atomic mass is 16.2. The Balaban J connectivity index is 1.54. The van der Waals surface area contributed by atoms with Crippen molar-refractivity contribution < 1.29 is 4.79 Å². The second-order valence-corrected chi connectivity index (χ2v) is 5.79. The van der Waals surface area contributed by atoms with Crippen LogP contribution in [-0.2, 0) is 17.8 Å². The Kier molecular flexibility index (Phi) is 3.92. The van der Waals surface area contributed by atoms with E-state index in [1.165, 1.54) is 16.8 Å². The molecule has 1 amide bonds. The average Bonchev–Trinajstić information content (AvgIpc) is 2.94. The van der Waals surface area contributed by atoms with Crippen molar-refractivity contribution in [1.82, 2.24) is 10.2 Å². The van der Waals surface area contributed by atoms with Crippen LogP contribution in [0.15, 0.2) is 18.2 Å². The minimum atomic E-state index is 0.202. The van der Waals surface area contributed by atoms with E-state index in [-0.39, 0.29) is 5.91 Å². The molecule has 2 heterocycles. The lowest BCUT2D eigenvalue weighted by molar-refractivity contribution is -0.129. The predicted octanol–water partition coefficient (Wildman–Crippen LogP) is 1.76. The van der Waals surface area contributed by atoms with Crippen molar-refractivity contribution >= 4 is 11.6 Å². The van der Waals surface area contributed by atoms with Crippen LogP contribution in [0.2, 0.25) is 0 Å². The van der Waals surface area contributed by atoms with E-state index in [1.54, 1.807) is 6.92 Å². The van der Waals surface area contributed by atoms with Crippen molar-refractivity contribution in [3.05, 3.63) is 29.3 Å². The monoisotopic (exact) mass is 273 g/mol. The molecule has 4 nitrogen and oxygen atoms in total. The second kappa shape index (κ2) is 5.83. The molecule has 0 atom stereocenters. The summed E-state index contributed by atoms with van der Waals surface area (Å²) in [5.41, 5.74) is 4.14. The first-order chi connectivity index (χ1) is 9.74. The lowest BCUT2D eigenvalue weighted by atomic mass is 10.0. The minimum Gasteiger partial charge on any atom is -0.384 e. The van der Waals surface area contributed by atoms with Crippen LogP contribution in [0.25, 0.3) is 0 Å². The van der Waals surface area contributed by atoms with Crippen molar-refractivity contribution in [1.29, 1.82) is 0 Å². The molecule has 20 heavy (non-hydrogen) atoms. The number of carbonyl (C=O) groups excluding carboxylic acids is 1. The van der Waals surface area contributed by atoms with Crippen LogP contribution in [-0.4, -0.2) is 36.5 Å². The summed E-state index contributed by atoms with van der Waals surface area (Å²) < 4.78 is 0. The first-order valence-corrected chi connectivity index (χ1v) is 7.57. The fraction of sp³-hybridized carbons (Fsp3) is 0.562. The largest absolute Gasteiger partial charge is 0.384 e. The highest BCUT2D eigenvalue weighted by Gasteiger charge is 2.21. The van der Waals surface area contributed by atoms with Crippen LogP contribution in [0.5, 0.6) is 0 Å². The summed E-state index contributed by atoms with van der Waals surface area (Å²) in [7, 11) is 0. The number of benzene rings is 1. The quantitative estimate of drug-likeness (QED) is 0.882. The zero-order valence-corrected chi connectivity index (χ0v) is 12.1. The second-order valence-electron chi connectivity index (χ2n) is 5.79. The van der Waals surface area contributed by atoms with E-state index in [4.69, 9.17) is 0 Å². The first-order valence-electron chi connectivity index (χ1n) is 7.57. The third-order valence-electron chi connectivity index (χ3n) is 4.45. The van der Waals surface area contributed by atoms with Gasteiger partial charge in [-0.25, -0.2) is 0 Å². The molecule has 1 saturated heterocycles. The Morgan fingerprint density at radius 2 is 2.20 bits per heavy atom. The van der Waals surface area contributed by atoms with Gasteiger partial charge >= 0.3 is 0 Å². The Morgan fingerprint density at radius 3 is 2.95 bits per heavy atom. The number of rotatable bonds is 3. The third-order valence-corrected chi connectivity index (χ3v) is 4.45. The average molecular weight is 273 g/mol. The van der Waals surface area contributed by atoms with Gasteiger partial charge < -0.3 is 15.5 Å². The molecule has 0 bridgehead atoms.